The Balaban J connectivity index is 1.60. The van der Waals surface area contributed by atoms with E-state index in [4.69, 9.17) is 5.73 Å². The molecule has 1 aliphatic carbocycles. The van der Waals surface area contributed by atoms with Crippen LogP contribution in [-0.2, 0) is 0 Å². The van der Waals surface area contributed by atoms with Gasteiger partial charge in [0.2, 0.25) is 0 Å². The van der Waals surface area contributed by atoms with Crippen LogP contribution in [0.5, 0.6) is 0 Å². The quantitative estimate of drug-likeness (QED) is 0.507. The highest BCUT2D eigenvalue weighted by Crippen LogP contribution is 2.34. The van der Waals surface area contributed by atoms with Crippen LogP contribution in [0.15, 0.2) is 42.7 Å². The first kappa shape index (κ1) is 17.2. The first-order valence-corrected chi connectivity index (χ1v) is 8.80. The fourth-order valence-corrected chi connectivity index (χ4v) is 2.96. The number of nitrogens with zero attached hydrogens (tertiary/aromatic N) is 3. The van der Waals surface area contributed by atoms with Crippen molar-refractivity contribution in [1.29, 1.82) is 0 Å². The van der Waals surface area contributed by atoms with Gasteiger partial charge in [0.15, 0.2) is 11.5 Å². The minimum atomic E-state index is -0.632. The van der Waals surface area contributed by atoms with Crippen molar-refractivity contribution < 1.29 is 4.79 Å². The fourth-order valence-electron chi connectivity index (χ4n) is 2.96. The third-order valence-electron chi connectivity index (χ3n) is 4.86. The van der Waals surface area contributed by atoms with Gasteiger partial charge < -0.3 is 21.7 Å². The Kier molecular flexibility index (Phi) is 4.33. The number of pyridine rings is 1. The standard InChI is InChI=1S/C19H21N7O/c1-21-19(6-7-19)11-24-15-10-23-16(17(20)27)18(26-15)25-13-4-5-14-12(9-13)3-2-8-22-14/h2-5,8-10,21H,6-7,11H2,1H3,(H2,20,27)(H2,24,25,26). The van der Waals surface area contributed by atoms with Gasteiger partial charge in [-0.05, 0) is 44.2 Å². The lowest BCUT2D eigenvalue weighted by molar-refractivity contribution is 0.0996. The van der Waals surface area contributed by atoms with Crippen molar-refractivity contribution in [2.45, 2.75) is 18.4 Å². The minimum absolute atomic E-state index is 0.0987. The number of anilines is 3. The maximum absolute atomic E-state index is 11.7. The maximum Gasteiger partial charge on any atom is 0.271 e. The third-order valence-corrected chi connectivity index (χ3v) is 4.86. The first-order valence-electron chi connectivity index (χ1n) is 8.80. The van der Waals surface area contributed by atoms with Gasteiger partial charge in [-0.25, -0.2) is 9.97 Å². The van der Waals surface area contributed by atoms with Gasteiger partial charge in [0.05, 0.1) is 11.7 Å². The number of carbonyl (C=O) groups is 1. The summed E-state index contributed by atoms with van der Waals surface area (Å²) in [5.74, 6) is 0.282. The van der Waals surface area contributed by atoms with Crippen LogP contribution < -0.4 is 21.7 Å². The second kappa shape index (κ2) is 6.81. The van der Waals surface area contributed by atoms with Gasteiger partial charge in [-0.15, -0.1) is 0 Å². The summed E-state index contributed by atoms with van der Waals surface area (Å²) in [5, 5.41) is 10.7. The highest BCUT2D eigenvalue weighted by molar-refractivity contribution is 5.96. The van der Waals surface area contributed by atoms with E-state index in [-0.39, 0.29) is 11.2 Å². The summed E-state index contributed by atoms with van der Waals surface area (Å²) in [4.78, 5) is 24.7. The highest BCUT2D eigenvalue weighted by Gasteiger charge is 2.40. The number of rotatable bonds is 7. The fraction of sp³-hybridized carbons (Fsp3) is 0.263. The molecular weight excluding hydrogens is 342 g/mol. The average molecular weight is 363 g/mol. The van der Waals surface area contributed by atoms with Gasteiger partial charge in [-0.1, -0.05) is 6.07 Å². The number of amides is 1. The molecule has 0 aliphatic heterocycles. The predicted octanol–water partition coefficient (Wildman–Crippen LogP) is 2.03. The molecule has 4 rings (SSSR count). The zero-order chi connectivity index (χ0) is 18.9. The topological polar surface area (TPSA) is 118 Å². The van der Waals surface area contributed by atoms with Gasteiger partial charge in [0.1, 0.15) is 5.82 Å². The molecule has 8 heteroatoms. The molecule has 0 unspecified atom stereocenters. The van der Waals surface area contributed by atoms with E-state index in [9.17, 15) is 4.79 Å². The van der Waals surface area contributed by atoms with Crippen molar-refractivity contribution in [3.8, 4) is 0 Å². The number of aromatic nitrogens is 3. The van der Waals surface area contributed by atoms with Crippen LogP contribution in [0.2, 0.25) is 0 Å². The molecule has 0 atom stereocenters. The molecule has 2 aromatic heterocycles. The maximum atomic E-state index is 11.7. The van der Waals surface area contributed by atoms with Crippen LogP contribution in [-0.4, -0.2) is 40.0 Å². The van der Waals surface area contributed by atoms with Gasteiger partial charge in [0.25, 0.3) is 5.91 Å². The summed E-state index contributed by atoms with van der Waals surface area (Å²) in [5.41, 5.74) is 7.35. The van der Waals surface area contributed by atoms with E-state index in [0.717, 1.165) is 36.0 Å². The van der Waals surface area contributed by atoms with E-state index in [1.165, 1.54) is 6.20 Å². The summed E-state index contributed by atoms with van der Waals surface area (Å²) in [6.45, 7) is 0.745. The number of primary amides is 1. The summed E-state index contributed by atoms with van der Waals surface area (Å²) >= 11 is 0. The van der Waals surface area contributed by atoms with Crippen LogP contribution >= 0.6 is 0 Å². The second-order valence-corrected chi connectivity index (χ2v) is 6.74. The minimum Gasteiger partial charge on any atom is -0.367 e. The zero-order valence-electron chi connectivity index (χ0n) is 15.0. The van der Waals surface area contributed by atoms with Crippen LogP contribution in [0, 0.1) is 0 Å². The highest BCUT2D eigenvalue weighted by atomic mass is 16.1. The second-order valence-electron chi connectivity index (χ2n) is 6.74. The van der Waals surface area contributed by atoms with Gasteiger partial charge in [0, 0.05) is 29.4 Å². The molecule has 0 saturated heterocycles. The molecule has 1 saturated carbocycles. The Bertz CT molecular complexity index is 1000. The smallest absolute Gasteiger partial charge is 0.271 e. The van der Waals surface area contributed by atoms with E-state index in [1.54, 1.807) is 6.20 Å². The largest absolute Gasteiger partial charge is 0.367 e. The number of hydrogen-bond donors (Lipinski definition) is 4. The van der Waals surface area contributed by atoms with Crippen molar-refractivity contribution in [3.05, 3.63) is 48.4 Å². The van der Waals surface area contributed by atoms with E-state index < -0.39 is 5.91 Å². The SMILES string of the molecule is CNC1(CNc2cnc(C(N)=O)c(Nc3ccc4ncccc4c3)n2)CC1. The summed E-state index contributed by atoms with van der Waals surface area (Å²) in [6, 6.07) is 9.57. The van der Waals surface area contributed by atoms with Gasteiger partial charge >= 0.3 is 0 Å². The molecule has 0 radical (unpaired) electrons. The molecule has 1 amide bonds. The van der Waals surface area contributed by atoms with Crippen LogP contribution in [0.1, 0.15) is 23.3 Å². The Morgan fingerprint density at radius 1 is 1.26 bits per heavy atom. The molecule has 1 aliphatic rings. The van der Waals surface area contributed by atoms with Crippen molar-refractivity contribution in [3.63, 3.8) is 0 Å². The normalized spacial score (nSPS) is 14.7. The van der Waals surface area contributed by atoms with Crippen LogP contribution in [0.25, 0.3) is 10.9 Å². The summed E-state index contributed by atoms with van der Waals surface area (Å²) in [6.07, 6.45) is 5.53. The number of benzene rings is 1. The molecule has 1 aromatic carbocycles. The molecule has 5 N–H and O–H groups in total. The Morgan fingerprint density at radius 2 is 2.11 bits per heavy atom. The van der Waals surface area contributed by atoms with Crippen molar-refractivity contribution in [2.24, 2.45) is 5.73 Å². The van der Waals surface area contributed by atoms with E-state index in [1.807, 2.05) is 37.4 Å². The first-order chi connectivity index (χ1) is 13.1. The van der Waals surface area contributed by atoms with E-state index in [0.29, 0.717) is 11.6 Å². The lowest BCUT2D eigenvalue weighted by Crippen LogP contribution is -2.35. The molecule has 1 fully saturated rings. The zero-order valence-corrected chi connectivity index (χ0v) is 15.0. The molecule has 2 heterocycles. The van der Waals surface area contributed by atoms with Gasteiger partial charge in [-0.2, -0.15) is 0 Å². The molecule has 138 valence electrons. The van der Waals surface area contributed by atoms with E-state index in [2.05, 4.69) is 30.9 Å². The molecule has 3 aromatic rings. The monoisotopic (exact) mass is 363 g/mol. The summed E-state index contributed by atoms with van der Waals surface area (Å²) in [7, 11) is 1.96. The Hall–Kier alpha value is -3.26. The molecule has 8 nitrogen and oxygen atoms in total. The Morgan fingerprint density at radius 3 is 2.85 bits per heavy atom. The van der Waals surface area contributed by atoms with Crippen LogP contribution in [0.4, 0.5) is 17.3 Å². The number of carbonyl (C=O) groups excluding carboxylic acids is 1. The van der Waals surface area contributed by atoms with Gasteiger partial charge in [-0.3, -0.25) is 9.78 Å². The third kappa shape index (κ3) is 3.65. The molecular formula is C19H21N7O. The van der Waals surface area contributed by atoms with E-state index >= 15 is 0 Å². The van der Waals surface area contributed by atoms with Crippen molar-refractivity contribution in [1.82, 2.24) is 20.3 Å². The number of likely N-dealkylation sites (N-methyl/N-ethyl adjacent to an activating group) is 1. The Labute approximate surface area is 156 Å². The predicted molar refractivity (Wildman–Crippen MR) is 105 cm³/mol. The number of hydrogen-bond acceptors (Lipinski definition) is 7. The summed E-state index contributed by atoms with van der Waals surface area (Å²) < 4.78 is 0. The number of nitrogens with one attached hydrogen (secondary N) is 3. The lowest BCUT2D eigenvalue weighted by Gasteiger charge is -2.16. The number of fused-ring (bicyclic) bond motifs is 1. The van der Waals surface area contributed by atoms with Crippen molar-refractivity contribution >= 4 is 34.1 Å². The van der Waals surface area contributed by atoms with Crippen LogP contribution in [0.3, 0.4) is 0 Å². The average Bonchev–Trinajstić information content (AvgIpc) is 3.47. The van der Waals surface area contributed by atoms with Crippen molar-refractivity contribution in [2.75, 3.05) is 24.2 Å². The molecule has 0 bridgehead atoms. The lowest BCUT2D eigenvalue weighted by atomic mass is 10.2. The number of nitrogens with two attached hydrogens (primary N) is 1. The molecule has 0 spiro atoms. The molecule has 27 heavy (non-hydrogen) atoms.